The summed E-state index contributed by atoms with van der Waals surface area (Å²) >= 11 is 6.23. The summed E-state index contributed by atoms with van der Waals surface area (Å²) in [5.74, 6) is 1.25. The van der Waals surface area contributed by atoms with Crippen LogP contribution in [-0.4, -0.2) is 51.7 Å². The molecule has 7 heteroatoms. The third kappa shape index (κ3) is 4.88. The molecule has 36 heavy (non-hydrogen) atoms. The molecule has 5 rings (SSSR count). The SMILES string of the molecule is COc1cc2c(cc1OC(C)C)C(c1ccc(Cl)cc1)N(c1ccc(N3CCNCC3)cc1)CC2=O. The van der Waals surface area contributed by atoms with Gasteiger partial charge in [0, 0.05) is 48.1 Å². The normalized spacial score (nSPS) is 17.8. The molecule has 188 valence electrons. The molecule has 1 unspecified atom stereocenters. The van der Waals surface area contributed by atoms with E-state index in [4.69, 9.17) is 21.1 Å². The number of carbonyl (C=O) groups is 1. The molecule has 6 nitrogen and oxygen atoms in total. The standard InChI is InChI=1S/C29H32ClN3O3/c1-19(2)36-28-17-25-24(16-27(28)35-3)26(34)18-33(29(25)20-4-6-21(30)7-5-20)23-10-8-22(9-11-23)32-14-12-31-13-15-32/h4-11,16-17,19,29,31H,12-15,18H2,1-3H3. The quantitative estimate of drug-likeness (QED) is 0.488. The number of rotatable bonds is 6. The van der Waals surface area contributed by atoms with Gasteiger partial charge in [-0.2, -0.15) is 0 Å². The summed E-state index contributed by atoms with van der Waals surface area (Å²) in [5.41, 5.74) is 4.81. The van der Waals surface area contributed by atoms with Crippen molar-refractivity contribution >= 4 is 28.8 Å². The van der Waals surface area contributed by atoms with Crippen molar-refractivity contribution in [2.75, 3.05) is 49.6 Å². The van der Waals surface area contributed by atoms with Gasteiger partial charge in [-0.1, -0.05) is 23.7 Å². The summed E-state index contributed by atoms with van der Waals surface area (Å²) in [6, 6.07) is 20.0. The molecule has 0 spiro atoms. The van der Waals surface area contributed by atoms with Gasteiger partial charge in [-0.05, 0) is 73.5 Å². The van der Waals surface area contributed by atoms with Crippen molar-refractivity contribution in [3.05, 3.63) is 82.4 Å². The molecule has 1 fully saturated rings. The first-order valence-electron chi connectivity index (χ1n) is 12.4. The highest BCUT2D eigenvalue weighted by Crippen LogP contribution is 2.43. The molecule has 0 saturated carbocycles. The fourth-order valence-electron chi connectivity index (χ4n) is 5.07. The van der Waals surface area contributed by atoms with Crippen molar-refractivity contribution in [2.45, 2.75) is 26.0 Å². The Balaban J connectivity index is 1.59. The molecule has 2 aliphatic rings. The zero-order chi connectivity index (χ0) is 25.2. The maximum atomic E-state index is 13.4. The average Bonchev–Trinajstić information content (AvgIpc) is 2.89. The number of carbonyl (C=O) groups excluding carboxylic acids is 1. The molecule has 2 heterocycles. The van der Waals surface area contributed by atoms with Crippen LogP contribution in [0.4, 0.5) is 11.4 Å². The number of ketones is 1. The molecule has 2 aliphatic heterocycles. The summed E-state index contributed by atoms with van der Waals surface area (Å²) in [4.78, 5) is 18.0. The smallest absolute Gasteiger partial charge is 0.182 e. The predicted molar refractivity (Wildman–Crippen MR) is 145 cm³/mol. The lowest BCUT2D eigenvalue weighted by atomic mass is 9.86. The maximum Gasteiger partial charge on any atom is 0.182 e. The van der Waals surface area contributed by atoms with Crippen LogP contribution in [0.25, 0.3) is 0 Å². The molecule has 1 saturated heterocycles. The van der Waals surface area contributed by atoms with Gasteiger partial charge in [-0.3, -0.25) is 4.79 Å². The number of nitrogens with zero attached hydrogens (tertiary/aromatic N) is 2. The Kier molecular flexibility index (Phi) is 7.08. The Morgan fingerprint density at radius 1 is 0.944 bits per heavy atom. The van der Waals surface area contributed by atoms with Gasteiger partial charge in [0.1, 0.15) is 0 Å². The van der Waals surface area contributed by atoms with E-state index in [2.05, 4.69) is 39.4 Å². The molecule has 0 amide bonds. The van der Waals surface area contributed by atoms with Crippen LogP contribution in [0.1, 0.15) is 41.4 Å². The number of methoxy groups -OCH3 is 1. The summed E-state index contributed by atoms with van der Waals surface area (Å²) in [6.07, 6.45) is -0.0288. The van der Waals surface area contributed by atoms with Crippen LogP contribution in [-0.2, 0) is 0 Å². The number of fused-ring (bicyclic) bond motifs is 1. The van der Waals surface area contributed by atoms with E-state index < -0.39 is 0 Å². The largest absolute Gasteiger partial charge is 0.493 e. The van der Waals surface area contributed by atoms with E-state index >= 15 is 0 Å². The predicted octanol–water partition coefficient (Wildman–Crippen LogP) is 5.34. The van der Waals surface area contributed by atoms with Gasteiger partial charge in [0.05, 0.1) is 25.8 Å². The second kappa shape index (κ2) is 10.4. The van der Waals surface area contributed by atoms with Gasteiger partial charge in [-0.25, -0.2) is 0 Å². The van der Waals surface area contributed by atoms with Crippen LogP contribution >= 0.6 is 11.6 Å². The minimum atomic E-state index is -0.180. The Labute approximate surface area is 217 Å². The minimum Gasteiger partial charge on any atom is -0.493 e. The molecule has 3 aromatic rings. The minimum absolute atomic E-state index is 0.0288. The van der Waals surface area contributed by atoms with Crippen molar-refractivity contribution in [3.8, 4) is 11.5 Å². The Hall–Kier alpha value is -3.22. The fraction of sp³-hybridized carbons (Fsp3) is 0.345. The van der Waals surface area contributed by atoms with Crippen LogP contribution in [0, 0.1) is 0 Å². The number of piperazine rings is 1. The molecule has 0 aliphatic carbocycles. The lowest BCUT2D eigenvalue weighted by molar-refractivity contribution is 0.0989. The molecule has 3 aromatic carbocycles. The van der Waals surface area contributed by atoms with Crippen molar-refractivity contribution in [2.24, 2.45) is 0 Å². The van der Waals surface area contributed by atoms with Crippen molar-refractivity contribution in [1.82, 2.24) is 5.32 Å². The molecule has 1 N–H and O–H groups in total. The molecule has 0 bridgehead atoms. The molecule has 1 atom stereocenters. The number of anilines is 2. The van der Waals surface area contributed by atoms with Crippen LogP contribution in [0.5, 0.6) is 11.5 Å². The summed E-state index contributed by atoms with van der Waals surface area (Å²) in [7, 11) is 1.60. The lowest BCUT2D eigenvalue weighted by Crippen LogP contribution is -2.43. The van der Waals surface area contributed by atoms with Gasteiger partial charge >= 0.3 is 0 Å². The lowest BCUT2D eigenvalue weighted by Gasteiger charge is -2.39. The van der Waals surface area contributed by atoms with Crippen molar-refractivity contribution in [3.63, 3.8) is 0 Å². The maximum absolute atomic E-state index is 13.4. The van der Waals surface area contributed by atoms with Crippen molar-refractivity contribution in [1.29, 1.82) is 0 Å². The third-order valence-electron chi connectivity index (χ3n) is 6.77. The van der Waals surface area contributed by atoms with Gasteiger partial charge in [0.25, 0.3) is 0 Å². The topological polar surface area (TPSA) is 54.0 Å². The van der Waals surface area contributed by atoms with E-state index in [-0.39, 0.29) is 24.5 Å². The second-order valence-corrected chi connectivity index (χ2v) is 9.95. The number of hydrogen-bond donors (Lipinski definition) is 1. The molecule has 0 radical (unpaired) electrons. The summed E-state index contributed by atoms with van der Waals surface area (Å²) < 4.78 is 11.7. The molecule has 0 aromatic heterocycles. The first-order chi connectivity index (χ1) is 17.4. The fourth-order valence-corrected chi connectivity index (χ4v) is 5.20. The van der Waals surface area contributed by atoms with Gasteiger partial charge in [0.2, 0.25) is 0 Å². The van der Waals surface area contributed by atoms with E-state index in [1.54, 1.807) is 7.11 Å². The van der Waals surface area contributed by atoms with E-state index in [1.165, 1.54) is 5.69 Å². The Morgan fingerprint density at radius 3 is 2.25 bits per heavy atom. The molecular weight excluding hydrogens is 474 g/mol. The van der Waals surface area contributed by atoms with Gasteiger partial charge in [0.15, 0.2) is 17.3 Å². The summed E-state index contributed by atoms with van der Waals surface area (Å²) in [6.45, 7) is 8.18. The number of halogens is 1. The van der Waals surface area contributed by atoms with Crippen LogP contribution in [0.2, 0.25) is 5.02 Å². The molecular formula is C29H32ClN3O3. The highest BCUT2D eigenvalue weighted by atomic mass is 35.5. The van der Waals surface area contributed by atoms with Crippen LogP contribution in [0.15, 0.2) is 60.7 Å². The van der Waals surface area contributed by atoms with Crippen LogP contribution < -0.4 is 24.6 Å². The number of benzene rings is 3. The van der Waals surface area contributed by atoms with E-state index in [0.717, 1.165) is 43.0 Å². The van der Waals surface area contributed by atoms with E-state index in [9.17, 15) is 4.79 Å². The van der Waals surface area contributed by atoms with E-state index in [0.29, 0.717) is 22.1 Å². The van der Waals surface area contributed by atoms with Crippen molar-refractivity contribution < 1.29 is 14.3 Å². The number of ether oxygens (including phenoxy) is 2. The van der Waals surface area contributed by atoms with Gasteiger partial charge < -0.3 is 24.6 Å². The van der Waals surface area contributed by atoms with Crippen LogP contribution in [0.3, 0.4) is 0 Å². The third-order valence-corrected chi connectivity index (χ3v) is 7.02. The first kappa shape index (κ1) is 24.5. The number of hydrogen-bond acceptors (Lipinski definition) is 6. The summed E-state index contributed by atoms with van der Waals surface area (Å²) in [5, 5.41) is 4.08. The number of Topliss-reactive ketones (excluding diaryl/α,β-unsaturated/α-hetero) is 1. The average molecular weight is 506 g/mol. The highest BCUT2D eigenvalue weighted by Gasteiger charge is 2.35. The van der Waals surface area contributed by atoms with E-state index in [1.807, 2.05) is 50.2 Å². The zero-order valence-corrected chi connectivity index (χ0v) is 21.7. The monoisotopic (exact) mass is 505 g/mol. The highest BCUT2D eigenvalue weighted by molar-refractivity contribution is 6.30. The van der Waals surface area contributed by atoms with Gasteiger partial charge in [-0.15, -0.1) is 0 Å². The Morgan fingerprint density at radius 2 is 1.61 bits per heavy atom. The first-order valence-corrected chi connectivity index (χ1v) is 12.8. The Bertz CT molecular complexity index is 1220. The zero-order valence-electron chi connectivity index (χ0n) is 21.0. The number of nitrogens with one attached hydrogen (secondary N) is 1. The second-order valence-electron chi connectivity index (χ2n) is 9.52.